The maximum absolute atomic E-state index is 9.34. The summed E-state index contributed by atoms with van der Waals surface area (Å²) in [5, 5.41) is 9.34. The molecule has 4 heteroatoms. The highest BCUT2D eigenvalue weighted by Crippen LogP contribution is 2.29. The molecule has 0 atom stereocenters. The van der Waals surface area contributed by atoms with Gasteiger partial charge in [-0.05, 0) is 41.1 Å². The molecule has 0 amide bonds. The summed E-state index contributed by atoms with van der Waals surface area (Å²) in [5.74, 6) is 0.238. The number of H-pyrrole nitrogens is 1. The zero-order valence-electron chi connectivity index (χ0n) is 7.58. The molecular formula is C10H9BrN2O. The minimum Gasteiger partial charge on any atom is -0.507 e. The van der Waals surface area contributed by atoms with Crippen molar-refractivity contribution in [1.82, 2.24) is 9.97 Å². The number of aromatic amines is 1. The van der Waals surface area contributed by atoms with E-state index in [-0.39, 0.29) is 5.75 Å². The van der Waals surface area contributed by atoms with Gasteiger partial charge in [-0.25, -0.2) is 4.98 Å². The fourth-order valence-corrected chi connectivity index (χ4v) is 1.68. The quantitative estimate of drug-likeness (QED) is 0.820. The van der Waals surface area contributed by atoms with Crippen LogP contribution in [0.5, 0.6) is 5.75 Å². The van der Waals surface area contributed by atoms with E-state index in [1.54, 1.807) is 12.4 Å². The fraction of sp³-hybridized carbons (Fsp3) is 0.100. The van der Waals surface area contributed by atoms with E-state index in [0.717, 1.165) is 17.0 Å². The molecule has 0 saturated carbocycles. The fourth-order valence-electron chi connectivity index (χ4n) is 1.30. The summed E-state index contributed by atoms with van der Waals surface area (Å²) in [6, 6.07) is 5.33. The molecule has 3 nitrogen and oxygen atoms in total. The lowest BCUT2D eigenvalue weighted by atomic mass is 10.1. The van der Waals surface area contributed by atoms with Gasteiger partial charge in [-0.1, -0.05) is 0 Å². The number of halogens is 1. The topological polar surface area (TPSA) is 48.9 Å². The minimum atomic E-state index is 0.238. The van der Waals surface area contributed by atoms with Gasteiger partial charge in [-0.15, -0.1) is 0 Å². The van der Waals surface area contributed by atoms with Gasteiger partial charge in [0.2, 0.25) is 0 Å². The zero-order chi connectivity index (χ0) is 10.1. The Morgan fingerprint density at radius 3 is 2.79 bits per heavy atom. The number of nitrogens with zero attached hydrogens (tertiary/aromatic N) is 1. The van der Waals surface area contributed by atoms with Gasteiger partial charge < -0.3 is 10.1 Å². The minimum absolute atomic E-state index is 0.238. The number of hydrogen-bond donors (Lipinski definition) is 2. The Balaban J connectivity index is 2.53. The summed E-state index contributed by atoms with van der Waals surface area (Å²) in [7, 11) is 0. The highest BCUT2D eigenvalue weighted by Gasteiger charge is 2.06. The van der Waals surface area contributed by atoms with Crippen LogP contribution in [0.2, 0.25) is 0 Å². The number of aryl methyl sites for hydroxylation is 1. The predicted molar refractivity (Wildman–Crippen MR) is 58.1 cm³/mol. The van der Waals surface area contributed by atoms with Crippen LogP contribution in [0.25, 0.3) is 11.3 Å². The molecule has 0 saturated heterocycles. The number of nitrogens with one attached hydrogen (secondary N) is 1. The van der Waals surface area contributed by atoms with E-state index >= 15 is 0 Å². The highest BCUT2D eigenvalue weighted by molar-refractivity contribution is 9.10. The van der Waals surface area contributed by atoms with E-state index in [2.05, 4.69) is 25.9 Å². The second-order valence-corrected chi connectivity index (χ2v) is 3.90. The second kappa shape index (κ2) is 3.46. The maximum Gasteiger partial charge on any atom is 0.129 e. The van der Waals surface area contributed by atoms with Crippen molar-refractivity contribution in [2.75, 3.05) is 0 Å². The molecule has 0 bridgehead atoms. The molecule has 0 radical (unpaired) electrons. The van der Waals surface area contributed by atoms with Crippen molar-refractivity contribution in [3.05, 3.63) is 34.7 Å². The lowest BCUT2D eigenvalue weighted by Gasteiger charge is -2.01. The van der Waals surface area contributed by atoms with Crippen LogP contribution in [0, 0.1) is 6.92 Å². The lowest BCUT2D eigenvalue weighted by Crippen LogP contribution is -1.81. The van der Waals surface area contributed by atoms with Crippen molar-refractivity contribution in [3.8, 4) is 17.0 Å². The number of phenolic OH excluding ortho intramolecular Hbond substituents is 1. The molecule has 0 fully saturated rings. The molecule has 0 spiro atoms. The Labute approximate surface area is 89.9 Å². The van der Waals surface area contributed by atoms with E-state index < -0.39 is 0 Å². The molecule has 0 aliphatic rings. The van der Waals surface area contributed by atoms with Crippen LogP contribution < -0.4 is 0 Å². The van der Waals surface area contributed by atoms with Crippen LogP contribution in [-0.4, -0.2) is 15.1 Å². The summed E-state index contributed by atoms with van der Waals surface area (Å²) in [6.45, 7) is 1.96. The summed E-state index contributed by atoms with van der Waals surface area (Å²) in [4.78, 5) is 7.21. The van der Waals surface area contributed by atoms with Crippen LogP contribution in [0.4, 0.5) is 0 Å². The van der Waals surface area contributed by atoms with Crippen molar-refractivity contribution in [1.29, 1.82) is 0 Å². The van der Waals surface area contributed by atoms with E-state index in [9.17, 15) is 5.11 Å². The molecule has 1 heterocycles. The third-order valence-electron chi connectivity index (χ3n) is 2.05. The third kappa shape index (κ3) is 1.53. The first-order valence-corrected chi connectivity index (χ1v) is 4.96. The first-order chi connectivity index (χ1) is 6.68. The number of rotatable bonds is 1. The molecule has 14 heavy (non-hydrogen) atoms. The van der Waals surface area contributed by atoms with Crippen molar-refractivity contribution in [3.63, 3.8) is 0 Å². The third-order valence-corrected chi connectivity index (χ3v) is 2.69. The van der Waals surface area contributed by atoms with Crippen molar-refractivity contribution in [2.45, 2.75) is 6.92 Å². The molecule has 2 rings (SSSR count). The van der Waals surface area contributed by atoms with Gasteiger partial charge in [-0.3, -0.25) is 0 Å². The number of imidazole rings is 1. The highest BCUT2D eigenvalue weighted by atomic mass is 79.9. The number of aromatic hydroxyl groups is 1. The summed E-state index contributed by atoms with van der Waals surface area (Å²) in [6.07, 6.45) is 1.66. The first kappa shape index (κ1) is 9.27. The molecular weight excluding hydrogens is 244 g/mol. The maximum atomic E-state index is 9.34. The average Bonchev–Trinajstić information content (AvgIpc) is 2.57. The monoisotopic (exact) mass is 252 g/mol. The molecule has 0 aliphatic carbocycles. The molecule has 1 aromatic heterocycles. The van der Waals surface area contributed by atoms with Gasteiger partial charge in [0.05, 0.1) is 16.5 Å². The Kier molecular flexibility index (Phi) is 2.29. The Morgan fingerprint density at radius 2 is 2.21 bits per heavy atom. The number of hydrogen-bond acceptors (Lipinski definition) is 2. The van der Waals surface area contributed by atoms with E-state index in [1.165, 1.54) is 0 Å². The normalized spacial score (nSPS) is 10.4. The van der Waals surface area contributed by atoms with Gasteiger partial charge in [0, 0.05) is 11.3 Å². The Hall–Kier alpha value is -1.29. The van der Waals surface area contributed by atoms with Crippen LogP contribution in [-0.2, 0) is 0 Å². The average molecular weight is 253 g/mol. The van der Waals surface area contributed by atoms with Crippen molar-refractivity contribution < 1.29 is 5.11 Å². The summed E-state index contributed by atoms with van der Waals surface area (Å²) < 4.78 is 0.678. The van der Waals surface area contributed by atoms with E-state index in [0.29, 0.717) is 4.47 Å². The van der Waals surface area contributed by atoms with Crippen LogP contribution in [0.1, 0.15) is 5.69 Å². The summed E-state index contributed by atoms with van der Waals surface area (Å²) >= 11 is 3.27. The smallest absolute Gasteiger partial charge is 0.129 e. The van der Waals surface area contributed by atoms with Crippen LogP contribution in [0.3, 0.4) is 0 Å². The van der Waals surface area contributed by atoms with Gasteiger partial charge >= 0.3 is 0 Å². The number of benzene rings is 1. The van der Waals surface area contributed by atoms with E-state index in [1.807, 2.05) is 19.1 Å². The van der Waals surface area contributed by atoms with Crippen LogP contribution >= 0.6 is 15.9 Å². The van der Waals surface area contributed by atoms with Gasteiger partial charge in [0.25, 0.3) is 0 Å². The van der Waals surface area contributed by atoms with E-state index in [4.69, 9.17) is 0 Å². The van der Waals surface area contributed by atoms with Gasteiger partial charge in [0.1, 0.15) is 5.75 Å². The number of aromatic nitrogens is 2. The largest absolute Gasteiger partial charge is 0.507 e. The Morgan fingerprint density at radius 1 is 1.43 bits per heavy atom. The second-order valence-electron chi connectivity index (χ2n) is 3.04. The van der Waals surface area contributed by atoms with Crippen LogP contribution in [0.15, 0.2) is 29.0 Å². The van der Waals surface area contributed by atoms with Crippen molar-refractivity contribution >= 4 is 15.9 Å². The molecule has 72 valence electrons. The molecule has 0 aliphatic heterocycles. The van der Waals surface area contributed by atoms with Gasteiger partial charge in [-0.2, -0.15) is 0 Å². The predicted octanol–water partition coefficient (Wildman–Crippen LogP) is 2.85. The van der Waals surface area contributed by atoms with Gasteiger partial charge in [0.15, 0.2) is 0 Å². The molecule has 0 unspecified atom stereocenters. The number of phenols is 1. The zero-order valence-corrected chi connectivity index (χ0v) is 9.17. The lowest BCUT2D eigenvalue weighted by molar-refractivity contribution is 0.472. The SMILES string of the molecule is Cc1[nH]cnc1-c1ccc(O)c(Br)c1. The Bertz CT molecular complexity index is 465. The molecule has 2 N–H and O–H groups in total. The van der Waals surface area contributed by atoms with Crippen molar-refractivity contribution in [2.24, 2.45) is 0 Å². The first-order valence-electron chi connectivity index (χ1n) is 4.17. The standard InChI is InChI=1S/C10H9BrN2O/c1-6-10(13-5-12-6)7-2-3-9(14)8(11)4-7/h2-5,14H,1H3,(H,12,13). The molecule has 1 aromatic carbocycles. The molecule has 2 aromatic rings. The summed E-state index contributed by atoms with van der Waals surface area (Å²) in [5.41, 5.74) is 2.90.